The average Bonchev–Trinajstić information content (AvgIpc) is 2.91. The molecule has 2 heterocycles. The van der Waals surface area contributed by atoms with Crippen LogP contribution >= 0.6 is 0 Å². The number of hydrogen-bond donors (Lipinski definition) is 2. The summed E-state index contributed by atoms with van der Waals surface area (Å²) in [6, 6.07) is 9.13. The Labute approximate surface area is 149 Å². The standard InChI is InChI=1S/C18H20N6O2/c1-4-8-14-11(2)19-18(20-16(14)25)24-17(26)15(12(3)23-24)22-21-13-9-6-5-7-10-13/h5-7,9-10,23H,4,8H2,1-3H3,(H,19,20,25). The number of hydrogen-bond acceptors (Lipinski definition) is 5. The van der Waals surface area contributed by atoms with Gasteiger partial charge in [0.1, 0.15) is 0 Å². The number of H-pyrrole nitrogens is 2. The SMILES string of the molecule is CCCc1c(C)nc(-n2[nH]c(C)c(N=Nc3ccccc3)c2=O)[nH]c1=O. The number of nitrogens with one attached hydrogen (secondary N) is 2. The molecule has 26 heavy (non-hydrogen) atoms. The largest absolute Gasteiger partial charge is 0.301 e. The van der Waals surface area contributed by atoms with Gasteiger partial charge in [-0.15, -0.1) is 5.11 Å². The van der Waals surface area contributed by atoms with Crippen molar-refractivity contribution in [1.29, 1.82) is 0 Å². The van der Waals surface area contributed by atoms with Gasteiger partial charge in [-0.3, -0.25) is 19.7 Å². The summed E-state index contributed by atoms with van der Waals surface area (Å²) in [7, 11) is 0. The highest BCUT2D eigenvalue weighted by atomic mass is 16.1. The summed E-state index contributed by atoms with van der Waals surface area (Å²) < 4.78 is 1.18. The molecule has 0 saturated carbocycles. The van der Waals surface area contributed by atoms with Crippen LogP contribution in [0.5, 0.6) is 0 Å². The van der Waals surface area contributed by atoms with Crippen molar-refractivity contribution in [3.05, 3.63) is 68.0 Å². The van der Waals surface area contributed by atoms with Gasteiger partial charge in [0.05, 0.1) is 17.1 Å². The summed E-state index contributed by atoms with van der Waals surface area (Å²) >= 11 is 0. The van der Waals surface area contributed by atoms with Crippen molar-refractivity contribution < 1.29 is 0 Å². The fourth-order valence-electron chi connectivity index (χ4n) is 2.65. The van der Waals surface area contributed by atoms with Crippen molar-refractivity contribution >= 4 is 11.4 Å². The van der Waals surface area contributed by atoms with Gasteiger partial charge in [0.2, 0.25) is 5.95 Å². The lowest BCUT2D eigenvalue weighted by atomic mass is 10.1. The maximum atomic E-state index is 12.7. The highest BCUT2D eigenvalue weighted by molar-refractivity contribution is 5.42. The molecule has 8 nitrogen and oxygen atoms in total. The Balaban J connectivity index is 2.02. The molecule has 134 valence electrons. The third-order valence-electron chi connectivity index (χ3n) is 3.98. The third-order valence-corrected chi connectivity index (χ3v) is 3.98. The molecule has 0 aliphatic rings. The minimum atomic E-state index is -0.423. The zero-order valence-corrected chi connectivity index (χ0v) is 14.9. The van der Waals surface area contributed by atoms with Gasteiger partial charge < -0.3 is 0 Å². The molecule has 0 fully saturated rings. The van der Waals surface area contributed by atoms with E-state index in [1.807, 2.05) is 25.1 Å². The van der Waals surface area contributed by atoms with Gasteiger partial charge in [-0.05, 0) is 32.4 Å². The summed E-state index contributed by atoms with van der Waals surface area (Å²) in [5, 5.41) is 11.0. The minimum Gasteiger partial charge on any atom is -0.291 e. The molecule has 0 atom stereocenters. The first-order chi connectivity index (χ1) is 12.5. The second-order valence-corrected chi connectivity index (χ2v) is 5.97. The van der Waals surface area contributed by atoms with Crippen LogP contribution in [0.2, 0.25) is 0 Å². The molecule has 2 aromatic heterocycles. The molecular formula is C18H20N6O2. The van der Waals surface area contributed by atoms with E-state index in [4.69, 9.17) is 0 Å². The monoisotopic (exact) mass is 352 g/mol. The minimum absolute atomic E-state index is 0.140. The first kappa shape index (κ1) is 17.5. The lowest BCUT2D eigenvalue weighted by molar-refractivity contribution is 0.749. The Hall–Kier alpha value is -3.29. The summed E-state index contributed by atoms with van der Waals surface area (Å²) in [5.74, 6) is 0.140. The highest BCUT2D eigenvalue weighted by Gasteiger charge is 2.15. The smallest absolute Gasteiger partial charge is 0.291 e. The predicted molar refractivity (Wildman–Crippen MR) is 98.9 cm³/mol. The molecule has 0 aliphatic carbocycles. The van der Waals surface area contributed by atoms with E-state index < -0.39 is 5.56 Å². The van der Waals surface area contributed by atoms with Crippen LogP contribution in [0.4, 0.5) is 11.4 Å². The molecule has 0 bridgehead atoms. The van der Waals surface area contributed by atoms with Gasteiger partial charge in [0.15, 0.2) is 5.69 Å². The Morgan fingerprint density at radius 3 is 2.50 bits per heavy atom. The lowest BCUT2D eigenvalue weighted by Gasteiger charge is -2.06. The van der Waals surface area contributed by atoms with Crippen molar-refractivity contribution in [3.63, 3.8) is 0 Å². The van der Waals surface area contributed by atoms with E-state index in [0.717, 1.165) is 6.42 Å². The average molecular weight is 352 g/mol. The summed E-state index contributed by atoms with van der Waals surface area (Å²) in [6.07, 6.45) is 1.49. The molecule has 2 N–H and O–H groups in total. The van der Waals surface area contributed by atoms with Crippen LogP contribution in [0, 0.1) is 13.8 Å². The molecule has 0 amide bonds. The van der Waals surface area contributed by atoms with Gasteiger partial charge in [-0.25, -0.2) is 4.98 Å². The Morgan fingerprint density at radius 2 is 1.85 bits per heavy atom. The molecule has 0 radical (unpaired) electrons. The number of aryl methyl sites for hydroxylation is 2. The maximum Gasteiger partial charge on any atom is 0.301 e. The number of azo groups is 1. The van der Waals surface area contributed by atoms with Crippen molar-refractivity contribution in [2.75, 3.05) is 0 Å². The van der Waals surface area contributed by atoms with Crippen LogP contribution < -0.4 is 11.1 Å². The Kier molecular flexibility index (Phi) is 4.92. The fourth-order valence-corrected chi connectivity index (χ4v) is 2.65. The quantitative estimate of drug-likeness (QED) is 0.688. The first-order valence-electron chi connectivity index (χ1n) is 8.39. The van der Waals surface area contributed by atoms with E-state index in [0.29, 0.717) is 29.1 Å². The fraction of sp³-hybridized carbons (Fsp3) is 0.278. The topological polar surface area (TPSA) is 108 Å². The molecule has 3 aromatic rings. The molecular weight excluding hydrogens is 332 g/mol. The van der Waals surface area contributed by atoms with E-state index in [9.17, 15) is 9.59 Å². The van der Waals surface area contributed by atoms with Crippen LogP contribution in [0.25, 0.3) is 5.95 Å². The maximum absolute atomic E-state index is 12.7. The number of benzene rings is 1. The van der Waals surface area contributed by atoms with Crippen LogP contribution in [-0.2, 0) is 6.42 Å². The highest BCUT2D eigenvalue weighted by Crippen LogP contribution is 2.17. The zero-order valence-electron chi connectivity index (χ0n) is 14.9. The van der Waals surface area contributed by atoms with E-state index in [1.165, 1.54) is 4.68 Å². The van der Waals surface area contributed by atoms with E-state index in [-0.39, 0.29) is 17.2 Å². The Bertz CT molecular complexity index is 1060. The van der Waals surface area contributed by atoms with Crippen molar-refractivity contribution in [3.8, 4) is 5.95 Å². The second-order valence-electron chi connectivity index (χ2n) is 5.97. The predicted octanol–water partition coefficient (Wildman–Crippen LogP) is 3.23. The second kappa shape index (κ2) is 7.30. The summed E-state index contributed by atoms with van der Waals surface area (Å²) in [6.45, 7) is 5.48. The van der Waals surface area contributed by atoms with Crippen molar-refractivity contribution in [2.45, 2.75) is 33.6 Å². The molecule has 8 heteroatoms. The van der Waals surface area contributed by atoms with Crippen LogP contribution in [0.3, 0.4) is 0 Å². The first-order valence-corrected chi connectivity index (χ1v) is 8.39. The van der Waals surface area contributed by atoms with Gasteiger partial charge >= 0.3 is 5.56 Å². The summed E-state index contributed by atoms with van der Waals surface area (Å²) in [4.78, 5) is 32.0. The van der Waals surface area contributed by atoms with Crippen LogP contribution in [0.1, 0.15) is 30.3 Å². The molecule has 0 spiro atoms. The van der Waals surface area contributed by atoms with Crippen molar-refractivity contribution in [2.24, 2.45) is 10.2 Å². The van der Waals surface area contributed by atoms with Gasteiger partial charge in [-0.2, -0.15) is 9.80 Å². The normalized spacial score (nSPS) is 11.3. The molecule has 0 aliphatic heterocycles. The van der Waals surface area contributed by atoms with Gasteiger partial charge in [0, 0.05) is 5.56 Å². The lowest BCUT2D eigenvalue weighted by Crippen LogP contribution is -2.24. The molecule has 3 rings (SSSR count). The molecule has 0 saturated heterocycles. The van der Waals surface area contributed by atoms with Crippen molar-refractivity contribution in [1.82, 2.24) is 19.7 Å². The van der Waals surface area contributed by atoms with E-state index >= 15 is 0 Å². The number of aromatic nitrogens is 4. The van der Waals surface area contributed by atoms with Gasteiger partial charge in [-0.1, -0.05) is 31.5 Å². The third kappa shape index (κ3) is 3.39. The zero-order chi connectivity index (χ0) is 18.7. The molecule has 0 unspecified atom stereocenters. The van der Waals surface area contributed by atoms with Crippen LogP contribution in [0.15, 0.2) is 50.1 Å². The van der Waals surface area contributed by atoms with E-state index in [2.05, 4.69) is 25.3 Å². The molecule has 1 aromatic carbocycles. The number of rotatable bonds is 5. The Morgan fingerprint density at radius 1 is 1.12 bits per heavy atom. The van der Waals surface area contributed by atoms with Crippen LogP contribution in [-0.4, -0.2) is 19.7 Å². The number of aromatic amines is 2. The number of nitrogens with zero attached hydrogens (tertiary/aromatic N) is 4. The summed E-state index contributed by atoms with van der Waals surface area (Å²) in [5.41, 5.74) is 1.94. The van der Waals surface area contributed by atoms with Gasteiger partial charge in [0.25, 0.3) is 5.56 Å². The van der Waals surface area contributed by atoms with E-state index in [1.54, 1.807) is 26.0 Å².